The van der Waals surface area contributed by atoms with Crippen LogP contribution in [0, 0.1) is 0 Å². The van der Waals surface area contributed by atoms with Gasteiger partial charge in [0.2, 0.25) is 0 Å². The lowest BCUT2D eigenvalue weighted by molar-refractivity contribution is 0.0633. The highest BCUT2D eigenvalue weighted by atomic mass is 79.9. The molecule has 0 aromatic carbocycles. The number of likely N-dealkylation sites (N-methyl/N-ethyl adjacent to an activating group) is 2. The van der Waals surface area contributed by atoms with Crippen LogP contribution in [0.5, 0.6) is 0 Å². The van der Waals surface area contributed by atoms with Crippen LogP contribution in [-0.2, 0) is 6.54 Å². The maximum Gasteiger partial charge on any atom is 0.270 e. The second-order valence-corrected chi connectivity index (χ2v) is 6.63. The molecule has 2 rings (SSSR count). The lowest BCUT2D eigenvalue weighted by Gasteiger charge is -2.36. The van der Waals surface area contributed by atoms with Gasteiger partial charge in [0.1, 0.15) is 5.69 Å². The summed E-state index contributed by atoms with van der Waals surface area (Å²) in [5.41, 5.74) is 0.787. The van der Waals surface area contributed by atoms with Gasteiger partial charge in [-0.1, -0.05) is 6.92 Å². The molecule has 112 valence electrons. The van der Waals surface area contributed by atoms with E-state index in [4.69, 9.17) is 0 Å². The number of aromatic nitrogens is 1. The fraction of sp³-hybridized carbons (Fsp3) is 0.667. The van der Waals surface area contributed by atoms with Crippen molar-refractivity contribution in [2.75, 3.05) is 27.2 Å². The minimum atomic E-state index is 0.129. The Balaban J connectivity index is 2.13. The van der Waals surface area contributed by atoms with E-state index < -0.39 is 0 Å². The summed E-state index contributed by atoms with van der Waals surface area (Å²) in [5.74, 6) is 0.129. The highest BCUT2D eigenvalue weighted by Gasteiger charge is 2.26. The minimum Gasteiger partial charge on any atom is -0.342 e. The Hall–Kier alpha value is -0.810. The quantitative estimate of drug-likeness (QED) is 0.842. The maximum atomic E-state index is 12.7. The molecule has 4 nitrogen and oxygen atoms in total. The first kappa shape index (κ1) is 15.6. The zero-order chi connectivity index (χ0) is 14.7. The molecule has 0 aliphatic carbocycles. The lowest BCUT2D eigenvalue weighted by Crippen LogP contribution is -2.47. The van der Waals surface area contributed by atoms with Crippen LogP contribution in [-0.4, -0.2) is 53.5 Å². The predicted octanol–water partition coefficient (Wildman–Crippen LogP) is 2.83. The smallest absolute Gasteiger partial charge is 0.270 e. The van der Waals surface area contributed by atoms with Crippen molar-refractivity contribution < 1.29 is 4.79 Å². The van der Waals surface area contributed by atoms with Gasteiger partial charge < -0.3 is 14.4 Å². The third kappa shape index (κ3) is 3.44. The van der Waals surface area contributed by atoms with Gasteiger partial charge in [0.15, 0.2) is 0 Å². The van der Waals surface area contributed by atoms with Crippen molar-refractivity contribution in [2.45, 2.75) is 38.8 Å². The van der Waals surface area contributed by atoms with Gasteiger partial charge in [0.05, 0.1) is 0 Å². The average molecular weight is 342 g/mol. The van der Waals surface area contributed by atoms with E-state index in [1.165, 1.54) is 6.42 Å². The van der Waals surface area contributed by atoms with E-state index in [1.807, 2.05) is 24.2 Å². The van der Waals surface area contributed by atoms with E-state index in [2.05, 4.69) is 39.4 Å². The van der Waals surface area contributed by atoms with Gasteiger partial charge in [0.25, 0.3) is 5.91 Å². The Kier molecular flexibility index (Phi) is 5.27. The first-order valence-corrected chi connectivity index (χ1v) is 8.13. The summed E-state index contributed by atoms with van der Waals surface area (Å²) in [6, 6.07) is 2.26. The summed E-state index contributed by atoms with van der Waals surface area (Å²) in [6.45, 7) is 5.11. The molecule has 0 spiro atoms. The first-order valence-electron chi connectivity index (χ1n) is 7.34. The summed E-state index contributed by atoms with van der Waals surface area (Å²) in [4.78, 5) is 17.0. The summed E-state index contributed by atoms with van der Waals surface area (Å²) in [5, 5.41) is 0. The van der Waals surface area contributed by atoms with E-state index in [1.54, 1.807) is 0 Å². The van der Waals surface area contributed by atoms with Crippen LogP contribution in [0.1, 0.15) is 36.7 Å². The molecular weight excluding hydrogens is 318 g/mol. The van der Waals surface area contributed by atoms with Gasteiger partial charge in [-0.2, -0.15) is 0 Å². The van der Waals surface area contributed by atoms with Crippen molar-refractivity contribution in [3.05, 3.63) is 22.4 Å². The van der Waals surface area contributed by atoms with Crippen molar-refractivity contribution in [2.24, 2.45) is 0 Å². The van der Waals surface area contributed by atoms with E-state index in [0.717, 1.165) is 42.6 Å². The number of carbonyl (C=O) groups is 1. The Morgan fingerprint density at radius 3 is 2.95 bits per heavy atom. The second kappa shape index (κ2) is 6.76. The van der Waals surface area contributed by atoms with Gasteiger partial charge >= 0.3 is 0 Å². The number of amides is 1. The number of aryl methyl sites for hydroxylation is 1. The molecule has 1 amide bonds. The van der Waals surface area contributed by atoms with Crippen LogP contribution in [0.4, 0.5) is 0 Å². The fourth-order valence-corrected chi connectivity index (χ4v) is 3.35. The highest BCUT2D eigenvalue weighted by Crippen LogP contribution is 2.20. The molecule has 1 aliphatic heterocycles. The Bertz CT molecular complexity index is 472. The molecular formula is C15H24BrN3O. The fourth-order valence-electron chi connectivity index (χ4n) is 2.88. The third-order valence-corrected chi connectivity index (χ3v) is 4.45. The average Bonchev–Trinajstić information content (AvgIpc) is 2.78. The highest BCUT2D eigenvalue weighted by molar-refractivity contribution is 9.10. The number of carbonyl (C=O) groups excluding carboxylic acids is 1. The van der Waals surface area contributed by atoms with Gasteiger partial charge in [-0.05, 0) is 54.9 Å². The Morgan fingerprint density at radius 2 is 2.30 bits per heavy atom. The zero-order valence-electron chi connectivity index (χ0n) is 12.6. The number of nitrogens with zero attached hydrogens (tertiary/aromatic N) is 3. The molecule has 20 heavy (non-hydrogen) atoms. The third-order valence-electron chi connectivity index (χ3n) is 4.01. The van der Waals surface area contributed by atoms with Crippen LogP contribution < -0.4 is 0 Å². The number of hydrogen-bond acceptors (Lipinski definition) is 2. The zero-order valence-corrected chi connectivity index (χ0v) is 14.2. The molecule has 0 radical (unpaired) electrons. The molecule has 5 heteroatoms. The summed E-state index contributed by atoms with van der Waals surface area (Å²) in [7, 11) is 4.06. The van der Waals surface area contributed by atoms with Crippen molar-refractivity contribution >= 4 is 21.8 Å². The number of rotatable bonds is 4. The Labute approximate surface area is 129 Å². The predicted molar refractivity (Wildman–Crippen MR) is 85.0 cm³/mol. The van der Waals surface area contributed by atoms with Crippen molar-refractivity contribution in [1.29, 1.82) is 0 Å². The number of piperidine rings is 1. The molecule has 0 N–H and O–H groups in total. The molecule has 1 unspecified atom stereocenters. The Morgan fingerprint density at radius 1 is 1.55 bits per heavy atom. The lowest BCUT2D eigenvalue weighted by atomic mass is 10.0. The minimum absolute atomic E-state index is 0.129. The molecule has 1 fully saturated rings. The van der Waals surface area contributed by atoms with Crippen molar-refractivity contribution in [1.82, 2.24) is 14.4 Å². The standard InChI is InChI=1S/C15H24BrN3O/c1-4-7-19-10-12(16)9-14(19)15(20)18(3)13-6-5-8-17(2)11-13/h9-10,13H,4-8,11H2,1-3H3. The molecule has 1 aliphatic rings. The van der Waals surface area contributed by atoms with E-state index in [0.29, 0.717) is 6.04 Å². The van der Waals surface area contributed by atoms with Gasteiger partial charge in [-0.25, -0.2) is 0 Å². The normalized spacial score (nSPS) is 20.1. The summed E-state index contributed by atoms with van der Waals surface area (Å²) < 4.78 is 3.03. The molecule has 0 bridgehead atoms. The maximum absolute atomic E-state index is 12.7. The van der Waals surface area contributed by atoms with Crippen LogP contribution >= 0.6 is 15.9 Å². The van der Waals surface area contributed by atoms with Crippen LogP contribution in [0.25, 0.3) is 0 Å². The van der Waals surface area contributed by atoms with Crippen LogP contribution in [0.2, 0.25) is 0 Å². The van der Waals surface area contributed by atoms with Gasteiger partial charge in [-0.15, -0.1) is 0 Å². The molecule has 1 aromatic heterocycles. The molecule has 0 saturated carbocycles. The van der Waals surface area contributed by atoms with Crippen LogP contribution in [0.3, 0.4) is 0 Å². The number of halogens is 1. The second-order valence-electron chi connectivity index (χ2n) is 5.71. The SMILES string of the molecule is CCCn1cc(Br)cc1C(=O)N(C)C1CCCN(C)C1. The van der Waals surface area contributed by atoms with Crippen molar-refractivity contribution in [3.8, 4) is 0 Å². The molecule has 1 aromatic rings. The topological polar surface area (TPSA) is 28.5 Å². The van der Waals surface area contributed by atoms with Gasteiger partial charge in [0, 0.05) is 36.8 Å². The van der Waals surface area contributed by atoms with E-state index >= 15 is 0 Å². The summed E-state index contributed by atoms with van der Waals surface area (Å²) in [6.07, 6.45) is 5.29. The largest absolute Gasteiger partial charge is 0.342 e. The van der Waals surface area contributed by atoms with Crippen molar-refractivity contribution in [3.63, 3.8) is 0 Å². The molecule has 1 atom stereocenters. The van der Waals surface area contributed by atoms with Crippen LogP contribution in [0.15, 0.2) is 16.7 Å². The number of likely N-dealkylation sites (tertiary alicyclic amines) is 1. The first-order chi connectivity index (χ1) is 9.52. The van der Waals surface area contributed by atoms with E-state index in [-0.39, 0.29) is 5.91 Å². The summed E-state index contributed by atoms with van der Waals surface area (Å²) >= 11 is 3.48. The van der Waals surface area contributed by atoms with Gasteiger partial charge in [-0.3, -0.25) is 4.79 Å². The molecule has 1 saturated heterocycles. The van der Waals surface area contributed by atoms with E-state index in [9.17, 15) is 4.79 Å². The molecule has 2 heterocycles. The number of hydrogen-bond donors (Lipinski definition) is 0. The monoisotopic (exact) mass is 341 g/mol.